The zero-order chi connectivity index (χ0) is 12.3. The summed E-state index contributed by atoms with van der Waals surface area (Å²) in [7, 11) is 0. The summed E-state index contributed by atoms with van der Waals surface area (Å²) in [5.41, 5.74) is 2.46. The van der Waals surface area contributed by atoms with Gasteiger partial charge in [-0.1, -0.05) is 0 Å². The van der Waals surface area contributed by atoms with E-state index in [1.54, 1.807) is 0 Å². The first kappa shape index (κ1) is 13.0. The average Bonchev–Trinajstić information content (AvgIpc) is 2.78. The van der Waals surface area contributed by atoms with Crippen LogP contribution in [0.3, 0.4) is 0 Å². The quantitative estimate of drug-likeness (QED) is 0.743. The van der Waals surface area contributed by atoms with Gasteiger partial charge in [0.05, 0.1) is 6.54 Å². The third-order valence-electron chi connectivity index (χ3n) is 2.66. The fourth-order valence-corrected chi connectivity index (χ4v) is 2.48. The van der Waals surface area contributed by atoms with Crippen molar-refractivity contribution in [1.29, 1.82) is 0 Å². The predicted octanol–water partition coefficient (Wildman–Crippen LogP) is 4.49. The van der Waals surface area contributed by atoms with Gasteiger partial charge in [0.15, 0.2) is 0 Å². The molecule has 2 nitrogen and oxygen atoms in total. The molecule has 2 rings (SSSR count). The van der Waals surface area contributed by atoms with Crippen LogP contribution in [0.5, 0.6) is 0 Å². The van der Waals surface area contributed by atoms with Crippen LogP contribution in [0.2, 0.25) is 0 Å². The molecule has 1 aromatic heterocycles. The van der Waals surface area contributed by atoms with Gasteiger partial charge < -0.3 is 9.88 Å². The molecule has 0 spiro atoms. The summed E-state index contributed by atoms with van der Waals surface area (Å²) in [6, 6.07) is 10.5. The number of aryl methyl sites for hydroxylation is 1. The maximum absolute atomic E-state index is 3.50. The molecule has 0 saturated carbocycles. The number of hydrogen-bond acceptors (Lipinski definition) is 1. The van der Waals surface area contributed by atoms with Crippen LogP contribution in [0.1, 0.15) is 12.6 Å². The third kappa shape index (κ3) is 3.25. The predicted molar refractivity (Wildman–Crippen MR) is 84.3 cm³/mol. The number of hydrogen-bond donors (Lipinski definition) is 1. The van der Waals surface area contributed by atoms with E-state index in [9.17, 15) is 0 Å². The first-order valence-electron chi connectivity index (χ1n) is 5.53. The van der Waals surface area contributed by atoms with Crippen LogP contribution in [0, 0.1) is 3.57 Å². The molecule has 17 heavy (non-hydrogen) atoms. The summed E-state index contributed by atoms with van der Waals surface area (Å²) in [5, 5.41) is 3.44. The second-order valence-electron chi connectivity index (χ2n) is 3.77. The Hall–Kier alpha value is -0.490. The van der Waals surface area contributed by atoms with Crippen molar-refractivity contribution in [2.45, 2.75) is 20.0 Å². The van der Waals surface area contributed by atoms with E-state index < -0.39 is 0 Å². The number of anilines is 1. The van der Waals surface area contributed by atoms with Crippen molar-refractivity contribution < 1.29 is 0 Å². The minimum atomic E-state index is 0.860. The van der Waals surface area contributed by atoms with Crippen molar-refractivity contribution >= 4 is 44.2 Å². The Bertz CT molecular complexity index is 508. The molecule has 0 unspecified atom stereocenters. The van der Waals surface area contributed by atoms with Gasteiger partial charge in [0.25, 0.3) is 0 Å². The minimum Gasteiger partial charge on any atom is -0.379 e. The lowest BCUT2D eigenvalue weighted by Crippen LogP contribution is -2.06. The van der Waals surface area contributed by atoms with Gasteiger partial charge in [-0.15, -0.1) is 0 Å². The Balaban J connectivity index is 2.05. The van der Waals surface area contributed by atoms with E-state index in [1.165, 1.54) is 9.26 Å². The van der Waals surface area contributed by atoms with E-state index in [0.29, 0.717) is 0 Å². The van der Waals surface area contributed by atoms with Gasteiger partial charge in [-0.3, -0.25) is 0 Å². The molecule has 0 aliphatic heterocycles. The highest BCUT2D eigenvalue weighted by molar-refractivity contribution is 14.1. The van der Waals surface area contributed by atoms with Crippen molar-refractivity contribution in [3.05, 3.63) is 50.3 Å². The number of aromatic nitrogens is 1. The molecule has 0 aliphatic carbocycles. The Labute approximate surface area is 124 Å². The largest absolute Gasteiger partial charge is 0.379 e. The Morgan fingerprint density at radius 3 is 2.88 bits per heavy atom. The van der Waals surface area contributed by atoms with Crippen molar-refractivity contribution in [1.82, 2.24) is 4.57 Å². The van der Waals surface area contributed by atoms with Crippen molar-refractivity contribution in [2.24, 2.45) is 0 Å². The van der Waals surface area contributed by atoms with Crippen LogP contribution in [0.25, 0.3) is 0 Å². The third-order valence-corrected chi connectivity index (χ3v) is 4.98. The second-order valence-corrected chi connectivity index (χ2v) is 5.78. The Morgan fingerprint density at radius 2 is 2.18 bits per heavy atom. The summed E-state index contributed by atoms with van der Waals surface area (Å²) in [4.78, 5) is 0. The van der Waals surface area contributed by atoms with Crippen LogP contribution in [0.4, 0.5) is 5.69 Å². The molecule has 0 radical (unpaired) electrons. The summed E-state index contributed by atoms with van der Waals surface area (Å²) in [5.74, 6) is 0. The lowest BCUT2D eigenvalue weighted by atomic mass is 10.3. The molecule has 0 fully saturated rings. The number of halogens is 2. The van der Waals surface area contributed by atoms with Crippen LogP contribution < -0.4 is 5.32 Å². The van der Waals surface area contributed by atoms with E-state index in [4.69, 9.17) is 0 Å². The molecular weight excluding hydrogens is 391 g/mol. The van der Waals surface area contributed by atoms with Gasteiger partial charge in [0.1, 0.15) is 0 Å². The standard InChI is InChI=1S/C13H14BrIN2/c1-2-17-7-3-4-11(17)9-16-10-5-6-12(14)13(15)8-10/h3-8,16H,2,9H2,1H3. The number of rotatable bonds is 4. The molecule has 0 amide bonds. The fraction of sp³-hybridized carbons (Fsp3) is 0.231. The Kier molecular flexibility index (Phi) is 4.50. The number of benzene rings is 1. The molecule has 4 heteroatoms. The van der Waals surface area contributed by atoms with Gasteiger partial charge >= 0.3 is 0 Å². The highest BCUT2D eigenvalue weighted by Crippen LogP contribution is 2.22. The first-order valence-corrected chi connectivity index (χ1v) is 7.41. The number of nitrogens with one attached hydrogen (secondary N) is 1. The maximum atomic E-state index is 3.50. The summed E-state index contributed by atoms with van der Waals surface area (Å²) >= 11 is 5.83. The van der Waals surface area contributed by atoms with Gasteiger partial charge in [0.2, 0.25) is 0 Å². The van der Waals surface area contributed by atoms with Crippen LogP contribution >= 0.6 is 38.5 Å². The molecule has 0 saturated heterocycles. The van der Waals surface area contributed by atoms with Gasteiger partial charge in [-0.2, -0.15) is 0 Å². The molecule has 90 valence electrons. The van der Waals surface area contributed by atoms with Crippen LogP contribution in [-0.4, -0.2) is 4.57 Å². The minimum absolute atomic E-state index is 0.860. The molecule has 1 aromatic carbocycles. The monoisotopic (exact) mass is 404 g/mol. The lowest BCUT2D eigenvalue weighted by molar-refractivity contribution is 0.724. The van der Waals surface area contributed by atoms with Crippen molar-refractivity contribution in [2.75, 3.05) is 5.32 Å². The summed E-state index contributed by atoms with van der Waals surface area (Å²) in [6.45, 7) is 4.03. The van der Waals surface area contributed by atoms with Crippen LogP contribution in [0.15, 0.2) is 41.0 Å². The SMILES string of the molecule is CCn1cccc1CNc1ccc(Br)c(I)c1. The number of nitrogens with zero attached hydrogens (tertiary/aromatic N) is 1. The molecule has 0 bridgehead atoms. The zero-order valence-corrected chi connectivity index (χ0v) is 13.3. The van der Waals surface area contributed by atoms with Crippen molar-refractivity contribution in [3.63, 3.8) is 0 Å². The summed E-state index contributed by atoms with van der Waals surface area (Å²) in [6.07, 6.45) is 2.11. The molecule has 1 N–H and O–H groups in total. The van der Waals surface area contributed by atoms with Gasteiger partial charge in [0, 0.05) is 32.2 Å². The van der Waals surface area contributed by atoms with E-state index in [1.807, 2.05) is 0 Å². The van der Waals surface area contributed by atoms with Crippen molar-refractivity contribution in [3.8, 4) is 0 Å². The van der Waals surface area contributed by atoms with E-state index in [0.717, 1.165) is 23.2 Å². The Morgan fingerprint density at radius 1 is 1.35 bits per heavy atom. The average molecular weight is 405 g/mol. The van der Waals surface area contributed by atoms with E-state index in [2.05, 4.69) is 91.9 Å². The van der Waals surface area contributed by atoms with E-state index >= 15 is 0 Å². The highest BCUT2D eigenvalue weighted by atomic mass is 127. The van der Waals surface area contributed by atoms with E-state index in [-0.39, 0.29) is 0 Å². The second kappa shape index (κ2) is 5.91. The molecule has 0 aliphatic rings. The van der Waals surface area contributed by atoms with Gasteiger partial charge in [-0.25, -0.2) is 0 Å². The van der Waals surface area contributed by atoms with Gasteiger partial charge in [-0.05, 0) is 75.8 Å². The normalized spacial score (nSPS) is 10.5. The fourth-order valence-electron chi connectivity index (χ4n) is 1.72. The first-order chi connectivity index (χ1) is 8.20. The molecule has 2 aromatic rings. The molecule has 1 heterocycles. The highest BCUT2D eigenvalue weighted by Gasteiger charge is 2.01. The maximum Gasteiger partial charge on any atom is 0.0553 e. The lowest BCUT2D eigenvalue weighted by Gasteiger charge is -2.10. The topological polar surface area (TPSA) is 17.0 Å². The molecule has 0 atom stereocenters. The van der Waals surface area contributed by atoms with Crippen LogP contribution in [-0.2, 0) is 13.1 Å². The summed E-state index contributed by atoms with van der Waals surface area (Å²) < 4.78 is 4.61. The smallest absolute Gasteiger partial charge is 0.0553 e. The zero-order valence-electron chi connectivity index (χ0n) is 9.58. The molecular formula is C13H14BrIN2.